The average molecular weight is 479 g/mol. The number of alkyl halides is 2. The van der Waals surface area contributed by atoms with Crippen molar-refractivity contribution in [3.05, 3.63) is 24.3 Å². The first-order valence-electron chi connectivity index (χ1n) is 11.8. The molecule has 186 valence electrons. The number of nitrogens with zero attached hydrogens (tertiary/aromatic N) is 5. The van der Waals surface area contributed by atoms with Crippen LogP contribution in [0, 0.1) is 11.8 Å². The molecule has 2 saturated heterocycles. The van der Waals surface area contributed by atoms with Gasteiger partial charge in [0, 0.05) is 32.9 Å². The maximum absolute atomic E-state index is 13.0. The number of hydrogen-bond acceptors (Lipinski definition) is 7. The van der Waals surface area contributed by atoms with Gasteiger partial charge in [0.2, 0.25) is 5.88 Å². The number of halogens is 2. The minimum atomic E-state index is -2.31. The van der Waals surface area contributed by atoms with E-state index in [0.717, 1.165) is 38.9 Å². The van der Waals surface area contributed by atoms with Crippen LogP contribution in [0.5, 0.6) is 5.88 Å². The standard InChI is InChI=1S/C23H32F2N6O3/c1-30-15-26-12-19(30)22-28-18(10-21(29-22)34-14-17-4-8-33-9-5-17)23(32)27-11-16-2-6-31(7-3-16)13-20(24)25/h10,12,15-17,20H,2-9,11,13-14H2,1H3,(H,27,32). The number of rotatable bonds is 9. The summed E-state index contributed by atoms with van der Waals surface area (Å²) < 4.78 is 38.3. The van der Waals surface area contributed by atoms with Crippen LogP contribution in [0.4, 0.5) is 8.78 Å². The number of nitrogens with one attached hydrogen (secondary N) is 1. The third-order valence-electron chi connectivity index (χ3n) is 6.44. The summed E-state index contributed by atoms with van der Waals surface area (Å²) in [7, 11) is 1.83. The monoisotopic (exact) mass is 478 g/mol. The van der Waals surface area contributed by atoms with E-state index in [2.05, 4.69) is 20.3 Å². The Morgan fingerprint density at radius 3 is 2.65 bits per heavy atom. The molecule has 0 bridgehead atoms. The fraction of sp³-hybridized carbons (Fsp3) is 0.652. The lowest BCUT2D eigenvalue weighted by Crippen LogP contribution is -2.40. The summed E-state index contributed by atoms with van der Waals surface area (Å²) >= 11 is 0. The number of imidazole rings is 1. The highest BCUT2D eigenvalue weighted by molar-refractivity contribution is 5.92. The first-order chi connectivity index (χ1) is 16.5. The van der Waals surface area contributed by atoms with E-state index in [9.17, 15) is 13.6 Å². The Kier molecular flexibility index (Phi) is 8.39. The molecule has 0 spiro atoms. The second-order valence-corrected chi connectivity index (χ2v) is 9.02. The van der Waals surface area contributed by atoms with E-state index in [4.69, 9.17) is 9.47 Å². The molecular formula is C23H32F2N6O3. The van der Waals surface area contributed by atoms with Crippen molar-refractivity contribution in [1.82, 2.24) is 29.7 Å². The summed E-state index contributed by atoms with van der Waals surface area (Å²) in [4.78, 5) is 27.8. The molecule has 2 aromatic rings. The van der Waals surface area contributed by atoms with Gasteiger partial charge >= 0.3 is 0 Å². The zero-order valence-corrected chi connectivity index (χ0v) is 19.5. The molecular weight excluding hydrogens is 446 g/mol. The number of carbonyl (C=O) groups is 1. The number of amides is 1. The summed E-state index contributed by atoms with van der Waals surface area (Å²) in [6.45, 7) is 3.49. The Morgan fingerprint density at radius 1 is 1.21 bits per heavy atom. The van der Waals surface area contributed by atoms with Crippen molar-refractivity contribution in [2.24, 2.45) is 18.9 Å². The predicted molar refractivity (Wildman–Crippen MR) is 121 cm³/mol. The topological polar surface area (TPSA) is 94.4 Å². The van der Waals surface area contributed by atoms with E-state index < -0.39 is 6.43 Å². The van der Waals surface area contributed by atoms with Crippen LogP contribution in [0.1, 0.15) is 36.2 Å². The van der Waals surface area contributed by atoms with Gasteiger partial charge in [0.05, 0.1) is 25.7 Å². The van der Waals surface area contributed by atoms with Crippen LogP contribution in [-0.2, 0) is 11.8 Å². The number of aryl methyl sites for hydroxylation is 1. The predicted octanol–water partition coefficient (Wildman–Crippen LogP) is 2.39. The molecule has 0 aromatic carbocycles. The van der Waals surface area contributed by atoms with Gasteiger partial charge in [-0.1, -0.05) is 0 Å². The summed E-state index contributed by atoms with van der Waals surface area (Å²) in [6, 6.07) is 1.57. The van der Waals surface area contributed by atoms with Crippen LogP contribution < -0.4 is 10.1 Å². The lowest BCUT2D eigenvalue weighted by molar-refractivity contribution is 0.0490. The normalized spacial score (nSPS) is 18.4. The molecule has 1 amide bonds. The quantitative estimate of drug-likeness (QED) is 0.591. The van der Waals surface area contributed by atoms with Gasteiger partial charge in [-0.25, -0.2) is 18.7 Å². The Bertz CT molecular complexity index is 943. The number of aromatic nitrogens is 4. The van der Waals surface area contributed by atoms with E-state index in [1.54, 1.807) is 28.1 Å². The Balaban J connectivity index is 1.40. The van der Waals surface area contributed by atoms with E-state index in [-0.39, 0.29) is 24.1 Å². The highest BCUT2D eigenvalue weighted by atomic mass is 19.3. The summed E-state index contributed by atoms with van der Waals surface area (Å²) in [5.74, 6) is 1.05. The zero-order valence-electron chi connectivity index (χ0n) is 19.5. The molecule has 4 rings (SSSR count). The summed E-state index contributed by atoms with van der Waals surface area (Å²) in [6.07, 6.45) is 4.39. The fourth-order valence-corrected chi connectivity index (χ4v) is 4.31. The molecule has 34 heavy (non-hydrogen) atoms. The maximum atomic E-state index is 13.0. The zero-order chi connectivity index (χ0) is 23.9. The van der Waals surface area contributed by atoms with Gasteiger partial charge in [-0.3, -0.25) is 9.69 Å². The molecule has 2 fully saturated rings. The highest BCUT2D eigenvalue weighted by Crippen LogP contribution is 2.22. The summed E-state index contributed by atoms with van der Waals surface area (Å²) in [5, 5.41) is 2.95. The third kappa shape index (κ3) is 6.69. The van der Waals surface area contributed by atoms with Crippen LogP contribution in [0.25, 0.3) is 11.5 Å². The van der Waals surface area contributed by atoms with Crippen LogP contribution in [0.15, 0.2) is 18.6 Å². The van der Waals surface area contributed by atoms with Crippen molar-refractivity contribution in [2.45, 2.75) is 32.1 Å². The Hall–Kier alpha value is -2.66. The van der Waals surface area contributed by atoms with E-state index in [1.165, 1.54) is 0 Å². The lowest BCUT2D eigenvalue weighted by atomic mass is 9.97. The molecule has 0 saturated carbocycles. The SMILES string of the molecule is Cn1cncc1-c1nc(OCC2CCOCC2)cc(C(=O)NCC2CCN(CC(F)F)CC2)n1. The van der Waals surface area contributed by atoms with E-state index in [1.807, 2.05) is 7.05 Å². The second-order valence-electron chi connectivity index (χ2n) is 9.02. The Labute approximate surface area is 197 Å². The Morgan fingerprint density at radius 2 is 1.97 bits per heavy atom. The third-order valence-corrected chi connectivity index (χ3v) is 6.44. The van der Waals surface area contributed by atoms with Crippen LogP contribution in [-0.4, -0.2) is 82.8 Å². The van der Waals surface area contributed by atoms with Crippen molar-refractivity contribution in [1.29, 1.82) is 0 Å². The van der Waals surface area contributed by atoms with Crippen LogP contribution in [0.3, 0.4) is 0 Å². The van der Waals surface area contributed by atoms with Gasteiger partial charge in [0.25, 0.3) is 12.3 Å². The number of piperidine rings is 1. The number of ether oxygens (including phenoxy) is 2. The van der Waals surface area contributed by atoms with Crippen LogP contribution in [0.2, 0.25) is 0 Å². The fourth-order valence-electron chi connectivity index (χ4n) is 4.31. The summed E-state index contributed by atoms with van der Waals surface area (Å²) in [5.41, 5.74) is 0.903. The van der Waals surface area contributed by atoms with E-state index in [0.29, 0.717) is 49.6 Å². The molecule has 0 unspecified atom stereocenters. The van der Waals surface area contributed by atoms with Crippen LogP contribution >= 0.6 is 0 Å². The molecule has 0 atom stereocenters. The molecule has 9 nitrogen and oxygen atoms in total. The number of carbonyl (C=O) groups excluding carboxylic acids is 1. The number of likely N-dealkylation sites (tertiary alicyclic amines) is 1. The van der Waals surface area contributed by atoms with Crippen molar-refractivity contribution >= 4 is 5.91 Å². The first kappa shape index (κ1) is 24.5. The molecule has 0 radical (unpaired) electrons. The lowest BCUT2D eigenvalue weighted by Gasteiger charge is -2.31. The smallest absolute Gasteiger partial charge is 0.270 e. The minimum Gasteiger partial charge on any atom is -0.477 e. The molecule has 2 aliphatic rings. The minimum absolute atomic E-state index is 0.187. The molecule has 1 N–H and O–H groups in total. The molecule has 4 heterocycles. The van der Waals surface area contributed by atoms with Crippen molar-refractivity contribution in [3.8, 4) is 17.4 Å². The molecule has 11 heteroatoms. The molecule has 0 aliphatic carbocycles. The largest absolute Gasteiger partial charge is 0.477 e. The van der Waals surface area contributed by atoms with Crippen molar-refractivity contribution in [2.75, 3.05) is 46.0 Å². The maximum Gasteiger partial charge on any atom is 0.270 e. The average Bonchev–Trinajstić information content (AvgIpc) is 3.28. The van der Waals surface area contributed by atoms with Gasteiger partial charge in [0.15, 0.2) is 5.82 Å². The molecule has 2 aliphatic heterocycles. The molecule has 2 aromatic heterocycles. The van der Waals surface area contributed by atoms with Gasteiger partial charge in [0.1, 0.15) is 11.4 Å². The van der Waals surface area contributed by atoms with Gasteiger partial charge < -0.3 is 19.4 Å². The van der Waals surface area contributed by atoms with Gasteiger partial charge in [-0.15, -0.1) is 0 Å². The first-order valence-corrected chi connectivity index (χ1v) is 11.8. The van der Waals surface area contributed by atoms with Crippen molar-refractivity contribution in [3.63, 3.8) is 0 Å². The van der Waals surface area contributed by atoms with E-state index >= 15 is 0 Å². The highest BCUT2D eigenvalue weighted by Gasteiger charge is 2.23. The van der Waals surface area contributed by atoms with Gasteiger partial charge in [-0.2, -0.15) is 4.98 Å². The second kappa shape index (κ2) is 11.7. The van der Waals surface area contributed by atoms with Crippen molar-refractivity contribution < 1.29 is 23.0 Å². The number of hydrogen-bond donors (Lipinski definition) is 1. The van der Waals surface area contributed by atoms with Gasteiger partial charge in [-0.05, 0) is 50.6 Å².